The van der Waals surface area contributed by atoms with Crippen molar-refractivity contribution in [2.45, 2.75) is 52.2 Å². The Bertz CT molecular complexity index is 229. The summed E-state index contributed by atoms with van der Waals surface area (Å²) in [7, 11) is 1.58. The first kappa shape index (κ1) is 18.4. The highest BCUT2D eigenvalue weighted by Crippen LogP contribution is 2.01. The molecule has 5 heteroatoms. The molecule has 19 heavy (non-hydrogen) atoms. The van der Waals surface area contributed by atoms with Crippen molar-refractivity contribution in [3.63, 3.8) is 0 Å². The van der Waals surface area contributed by atoms with E-state index in [-0.39, 0.29) is 18.1 Å². The van der Waals surface area contributed by atoms with Gasteiger partial charge < -0.3 is 20.7 Å². The fraction of sp³-hybridized carbons (Fsp3) is 0.929. The standard InChI is InChI=1S/C14H31N3O2/c1-5-17(6-2)9-7-8-12(3)16-14(18)10-13(11-15)19-4/h12-13H,5-11,15H2,1-4H3,(H,16,18). The van der Waals surface area contributed by atoms with Crippen LogP contribution >= 0.6 is 0 Å². The van der Waals surface area contributed by atoms with Gasteiger partial charge in [0.25, 0.3) is 0 Å². The van der Waals surface area contributed by atoms with Crippen molar-refractivity contribution in [2.24, 2.45) is 5.73 Å². The van der Waals surface area contributed by atoms with E-state index >= 15 is 0 Å². The SMILES string of the molecule is CCN(CC)CCCC(C)NC(=O)CC(CN)OC. The van der Waals surface area contributed by atoms with Crippen LogP contribution in [0.25, 0.3) is 0 Å². The first-order valence-corrected chi connectivity index (χ1v) is 7.31. The van der Waals surface area contributed by atoms with Gasteiger partial charge in [-0.25, -0.2) is 0 Å². The molecule has 114 valence electrons. The first-order valence-electron chi connectivity index (χ1n) is 7.31. The van der Waals surface area contributed by atoms with Crippen LogP contribution in [0.15, 0.2) is 0 Å². The second-order valence-electron chi connectivity index (χ2n) is 4.94. The van der Waals surface area contributed by atoms with E-state index in [2.05, 4.69) is 24.1 Å². The highest BCUT2D eigenvalue weighted by molar-refractivity contribution is 5.76. The van der Waals surface area contributed by atoms with Crippen LogP contribution in [0.5, 0.6) is 0 Å². The van der Waals surface area contributed by atoms with Gasteiger partial charge in [0.2, 0.25) is 5.91 Å². The molecule has 0 aliphatic heterocycles. The molecule has 5 nitrogen and oxygen atoms in total. The Hall–Kier alpha value is -0.650. The van der Waals surface area contributed by atoms with Gasteiger partial charge in [-0.05, 0) is 39.4 Å². The normalized spacial score (nSPS) is 14.4. The Balaban J connectivity index is 3.78. The molecule has 0 saturated heterocycles. The zero-order chi connectivity index (χ0) is 14.7. The summed E-state index contributed by atoms with van der Waals surface area (Å²) in [4.78, 5) is 14.1. The molecule has 3 N–H and O–H groups in total. The van der Waals surface area contributed by atoms with E-state index in [1.807, 2.05) is 6.92 Å². The molecule has 0 radical (unpaired) electrons. The van der Waals surface area contributed by atoms with E-state index in [1.54, 1.807) is 7.11 Å². The summed E-state index contributed by atoms with van der Waals surface area (Å²) >= 11 is 0. The van der Waals surface area contributed by atoms with Crippen molar-refractivity contribution >= 4 is 5.91 Å². The zero-order valence-electron chi connectivity index (χ0n) is 12.9. The van der Waals surface area contributed by atoms with Gasteiger partial charge in [-0.2, -0.15) is 0 Å². The molecule has 2 unspecified atom stereocenters. The maximum atomic E-state index is 11.7. The van der Waals surface area contributed by atoms with Crippen molar-refractivity contribution in [1.29, 1.82) is 0 Å². The molecule has 0 aliphatic rings. The van der Waals surface area contributed by atoms with Crippen LogP contribution in [-0.4, -0.2) is 56.2 Å². The highest BCUT2D eigenvalue weighted by atomic mass is 16.5. The fourth-order valence-electron chi connectivity index (χ4n) is 2.04. The molecule has 0 bridgehead atoms. The van der Waals surface area contributed by atoms with Crippen molar-refractivity contribution in [3.05, 3.63) is 0 Å². The number of nitrogens with one attached hydrogen (secondary N) is 1. The fourth-order valence-corrected chi connectivity index (χ4v) is 2.04. The molecule has 0 aromatic carbocycles. The summed E-state index contributed by atoms with van der Waals surface area (Å²) in [6.07, 6.45) is 2.27. The average molecular weight is 273 g/mol. The second-order valence-corrected chi connectivity index (χ2v) is 4.94. The lowest BCUT2D eigenvalue weighted by molar-refractivity contribution is -0.124. The molecule has 0 spiro atoms. The molecular weight excluding hydrogens is 242 g/mol. The zero-order valence-corrected chi connectivity index (χ0v) is 12.9. The smallest absolute Gasteiger partial charge is 0.222 e. The Morgan fingerprint density at radius 1 is 1.37 bits per heavy atom. The van der Waals surface area contributed by atoms with Gasteiger partial charge in [-0.1, -0.05) is 13.8 Å². The molecule has 2 atom stereocenters. The number of carbonyl (C=O) groups is 1. The summed E-state index contributed by atoms with van der Waals surface area (Å²) in [6.45, 7) is 10.0. The van der Waals surface area contributed by atoms with Crippen LogP contribution in [0.2, 0.25) is 0 Å². The molecule has 0 rings (SSSR count). The van der Waals surface area contributed by atoms with Gasteiger partial charge in [0, 0.05) is 19.7 Å². The monoisotopic (exact) mass is 273 g/mol. The Morgan fingerprint density at radius 3 is 2.47 bits per heavy atom. The van der Waals surface area contributed by atoms with Crippen LogP contribution in [0.3, 0.4) is 0 Å². The molecule has 0 aliphatic carbocycles. The van der Waals surface area contributed by atoms with Gasteiger partial charge in [0.1, 0.15) is 0 Å². The Morgan fingerprint density at radius 2 is 2.00 bits per heavy atom. The lowest BCUT2D eigenvalue weighted by Gasteiger charge is -2.20. The average Bonchev–Trinajstić information content (AvgIpc) is 2.40. The molecule has 0 heterocycles. The molecular formula is C14H31N3O2. The summed E-state index contributed by atoms with van der Waals surface area (Å²) in [5.41, 5.74) is 5.50. The number of methoxy groups -OCH3 is 1. The minimum absolute atomic E-state index is 0.0210. The Kier molecular flexibility index (Phi) is 10.8. The third-order valence-corrected chi connectivity index (χ3v) is 3.42. The van der Waals surface area contributed by atoms with E-state index in [4.69, 9.17) is 10.5 Å². The molecule has 0 aromatic rings. The number of nitrogens with zero attached hydrogens (tertiary/aromatic N) is 1. The van der Waals surface area contributed by atoms with Crippen LogP contribution < -0.4 is 11.1 Å². The van der Waals surface area contributed by atoms with E-state index < -0.39 is 0 Å². The maximum Gasteiger partial charge on any atom is 0.222 e. The van der Waals surface area contributed by atoms with Crippen LogP contribution in [0.4, 0.5) is 0 Å². The minimum Gasteiger partial charge on any atom is -0.380 e. The summed E-state index contributed by atoms with van der Waals surface area (Å²) in [5, 5.41) is 3.00. The molecule has 0 saturated carbocycles. The van der Waals surface area contributed by atoms with Crippen molar-refractivity contribution in [1.82, 2.24) is 10.2 Å². The number of hydrogen-bond donors (Lipinski definition) is 2. The maximum absolute atomic E-state index is 11.7. The van der Waals surface area contributed by atoms with Crippen LogP contribution in [-0.2, 0) is 9.53 Å². The predicted octanol–water partition coefficient (Wildman–Crippen LogP) is 0.977. The summed E-state index contributed by atoms with van der Waals surface area (Å²) < 4.78 is 5.10. The van der Waals surface area contributed by atoms with Crippen molar-refractivity contribution < 1.29 is 9.53 Å². The third kappa shape index (κ3) is 8.97. The lowest BCUT2D eigenvalue weighted by Crippen LogP contribution is -2.37. The number of hydrogen-bond acceptors (Lipinski definition) is 4. The third-order valence-electron chi connectivity index (χ3n) is 3.42. The van der Waals surface area contributed by atoms with Crippen LogP contribution in [0, 0.1) is 0 Å². The summed E-state index contributed by atoms with van der Waals surface area (Å²) in [6, 6.07) is 0.207. The van der Waals surface area contributed by atoms with E-state index in [9.17, 15) is 4.79 Å². The Labute approximate surface area is 117 Å². The first-order chi connectivity index (χ1) is 9.07. The number of carbonyl (C=O) groups excluding carboxylic acids is 1. The van der Waals surface area contributed by atoms with Crippen LogP contribution in [0.1, 0.15) is 40.0 Å². The topological polar surface area (TPSA) is 67.6 Å². The number of amides is 1. The van der Waals surface area contributed by atoms with E-state index in [0.717, 1.165) is 32.5 Å². The molecule has 0 fully saturated rings. The van der Waals surface area contributed by atoms with E-state index in [0.29, 0.717) is 13.0 Å². The number of nitrogens with two attached hydrogens (primary N) is 1. The predicted molar refractivity (Wildman–Crippen MR) is 79.1 cm³/mol. The van der Waals surface area contributed by atoms with Crippen molar-refractivity contribution in [2.75, 3.05) is 33.3 Å². The summed E-state index contributed by atoms with van der Waals surface area (Å²) in [5.74, 6) is 0.0210. The van der Waals surface area contributed by atoms with Crippen molar-refractivity contribution in [3.8, 4) is 0 Å². The number of ether oxygens (including phenoxy) is 1. The number of rotatable bonds is 11. The lowest BCUT2D eigenvalue weighted by atomic mass is 10.1. The van der Waals surface area contributed by atoms with E-state index in [1.165, 1.54) is 0 Å². The minimum atomic E-state index is -0.178. The molecule has 0 aromatic heterocycles. The van der Waals surface area contributed by atoms with Gasteiger partial charge in [0.15, 0.2) is 0 Å². The van der Waals surface area contributed by atoms with Gasteiger partial charge in [-0.3, -0.25) is 4.79 Å². The van der Waals surface area contributed by atoms with Gasteiger partial charge in [0.05, 0.1) is 12.5 Å². The second kappa shape index (κ2) is 11.2. The highest BCUT2D eigenvalue weighted by Gasteiger charge is 2.13. The quantitative estimate of drug-likeness (QED) is 0.589. The van der Waals surface area contributed by atoms with Gasteiger partial charge >= 0.3 is 0 Å². The molecule has 1 amide bonds. The van der Waals surface area contributed by atoms with Gasteiger partial charge in [-0.15, -0.1) is 0 Å². The largest absolute Gasteiger partial charge is 0.380 e.